The fourth-order valence-corrected chi connectivity index (χ4v) is 2.70. The summed E-state index contributed by atoms with van der Waals surface area (Å²) < 4.78 is 13.2. The Hall–Kier alpha value is -1.44. The smallest absolute Gasteiger partial charge is 0.123 e. The third kappa shape index (κ3) is 4.29. The maximum atomic E-state index is 13.2. The molecule has 0 radical (unpaired) electrons. The van der Waals surface area contributed by atoms with Crippen molar-refractivity contribution in [3.8, 4) is 6.07 Å². The van der Waals surface area contributed by atoms with Gasteiger partial charge < -0.3 is 10.2 Å². The molecule has 1 aliphatic rings. The predicted octanol–water partition coefficient (Wildman–Crippen LogP) is 2.66. The minimum absolute atomic E-state index is 0.288. The summed E-state index contributed by atoms with van der Waals surface area (Å²) in [6, 6.07) is 6.77. The first-order chi connectivity index (χ1) is 9.69. The van der Waals surface area contributed by atoms with Crippen molar-refractivity contribution in [3.63, 3.8) is 0 Å². The van der Waals surface area contributed by atoms with Crippen LogP contribution in [0, 0.1) is 17.1 Å². The van der Waals surface area contributed by atoms with Crippen LogP contribution in [0.1, 0.15) is 37.3 Å². The van der Waals surface area contributed by atoms with Gasteiger partial charge >= 0.3 is 0 Å². The van der Waals surface area contributed by atoms with Crippen LogP contribution in [-0.2, 0) is 6.54 Å². The largest absolute Gasteiger partial charge is 0.309 e. The monoisotopic (exact) mass is 275 g/mol. The first-order valence-corrected chi connectivity index (χ1v) is 7.33. The van der Waals surface area contributed by atoms with E-state index in [2.05, 4.69) is 23.2 Å². The van der Waals surface area contributed by atoms with E-state index in [9.17, 15) is 4.39 Å². The van der Waals surface area contributed by atoms with E-state index in [-0.39, 0.29) is 5.82 Å². The second-order valence-electron chi connectivity index (χ2n) is 5.56. The Labute approximate surface area is 120 Å². The number of nitriles is 1. The first-order valence-electron chi connectivity index (χ1n) is 7.33. The highest BCUT2D eigenvalue weighted by atomic mass is 19.1. The highest BCUT2D eigenvalue weighted by Gasteiger charge is 2.13. The Bertz CT molecular complexity index is 475. The molecule has 0 aliphatic carbocycles. The normalized spacial score (nSPS) is 17.6. The number of likely N-dealkylation sites (tertiary alicyclic amines) is 1. The summed E-state index contributed by atoms with van der Waals surface area (Å²) in [5, 5.41) is 12.4. The summed E-state index contributed by atoms with van der Waals surface area (Å²) >= 11 is 0. The molecule has 108 valence electrons. The zero-order valence-corrected chi connectivity index (χ0v) is 12.0. The minimum atomic E-state index is -0.288. The van der Waals surface area contributed by atoms with E-state index in [0.717, 1.165) is 12.1 Å². The Morgan fingerprint density at radius 1 is 1.35 bits per heavy atom. The van der Waals surface area contributed by atoms with Gasteiger partial charge in [-0.15, -0.1) is 0 Å². The van der Waals surface area contributed by atoms with Crippen LogP contribution in [0.3, 0.4) is 0 Å². The molecule has 1 aromatic rings. The Morgan fingerprint density at radius 2 is 2.10 bits per heavy atom. The van der Waals surface area contributed by atoms with E-state index >= 15 is 0 Å². The van der Waals surface area contributed by atoms with Gasteiger partial charge in [0.2, 0.25) is 0 Å². The zero-order chi connectivity index (χ0) is 14.4. The van der Waals surface area contributed by atoms with Crippen molar-refractivity contribution in [1.29, 1.82) is 5.26 Å². The van der Waals surface area contributed by atoms with Gasteiger partial charge in [-0.2, -0.15) is 5.26 Å². The van der Waals surface area contributed by atoms with Gasteiger partial charge in [0, 0.05) is 19.1 Å². The summed E-state index contributed by atoms with van der Waals surface area (Å²) in [4.78, 5) is 2.47. The molecule has 1 aliphatic heterocycles. The number of rotatable bonds is 5. The maximum absolute atomic E-state index is 13.2. The number of nitrogens with one attached hydrogen (secondary N) is 1. The Kier molecular flexibility index (Phi) is 5.51. The fourth-order valence-electron chi connectivity index (χ4n) is 2.70. The average Bonchev–Trinajstić information content (AvgIpc) is 2.46. The molecule has 0 aromatic heterocycles. The van der Waals surface area contributed by atoms with Crippen molar-refractivity contribution in [2.75, 3.05) is 19.6 Å². The van der Waals surface area contributed by atoms with Gasteiger partial charge in [0.1, 0.15) is 5.82 Å². The van der Waals surface area contributed by atoms with Crippen molar-refractivity contribution in [1.82, 2.24) is 10.2 Å². The number of nitrogens with zero attached hydrogens (tertiary/aromatic N) is 2. The summed E-state index contributed by atoms with van der Waals surface area (Å²) in [5.41, 5.74) is 1.28. The van der Waals surface area contributed by atoms with Gasteiger partial charge in [-0.25, -0.2) is 4.39 Å². The summed E-state index contributed by atoms with van der Waals surface area (Å²) in [6.45, 7) is 6.04. The van der Waals surface area contributed by atoms with Crippen LogP contribution >= 0.6 is 0 Å². The van der Waals surface area contributed by atoms with Crippen molar-refractivity contribution >= 4 is 0 Å². The molecule has 0 amide bonds. The average molecular weight is 275 g/mol. The van der Waals surface area contributed by atoms with E-state index in [1.54, 1.807) is 6.07 Å². The molecule has 3 nitrogen and oxygen atoms in total. The molecule has 1 heterocycles. The number of benzene rings is 1. The molecular formula is C16H22FN3. The lowest BCUT2D eigenvalue weighted by atomic mass is 10.1. The number of hydrogen-bond acceptors (Lipinski definition) is 3. The van der Waals surface area contributed by atoms with Crippen molar-refractivity contribution in [2.24, 2.45) is 0 Å². The van der Waals surface area contributed by atoms with Gasteiger partial charge in [-0.3, -0.25) is 0 Å². The zero-order valence-electron chi connectivity index (χ0n) is 12.0. The van der Waals surface area contributed by atoms with E-state index < -0.39 is 0 Å². The Morgan fingerprint density at radius 3 is 2.80 bits per heavy atom. The second kappa shape index (κ2) is 7.37. The third-order valence-electron chi connectivity index (χ3n) is 3.81. The Balaban J connectivity index is 1.85. The number of halogens is 1. The molecule has 1 saturated heterocycles. The summed E-state index contributed by atoms with van der Waals surface area (Å²) in [7, 11) is 0. The van der Waals surface area contributed by atoms with Crippen LogP contribution in [0.4, 0.5) is 4.39 Å². The number of hydrogen-bond donors (Lipinski definition) is 1. The first kappa shape index (κ1) is 15.0. The SMILES string of the molecule is CC(CN1CCCCC1)NCc1cc(F)ccc1C#N. The molecule has 4 heteroatoms. The standard InChI is InChI=1S/C16H22FN3/c1-13(12-20-7-3-2-4-8-20)19-11-15-9-16(17)6-5-14(15)10-18/h5-6,9,13,19H,2-4,7-8,11-12H2,1H3. The molecule has 1 N–H and O–H groups in total. The third-order valence-corrected chi connectivity index (χ3v) is 3.81. The van der Waals surface area contributed by atoms with Gasteiger partial charge in [0.15, 0.2) is 0 Å². The van der Waals surface area contributed by atoms with Crippen LogP contribution in [-0.4, -0.2) is 30.6 Å². The fraction of sp³-hybridized carbons (Fsp3) is 0.562. The highest BCUT2D eigenvalue weighted by molar-refractivity contribution is 5.37. The highest BCUT2D eigenvalue weighted by Crippen LogP contribution is 2.12. The molecular weight excluding hydrogens is 253 g/mol. The van der Waals surface area contributed by atoms with Gasteiger partial charge in [-0.05, 0) is 56.6 Å². The van der Waals surface area contributed by atoms with Gasteiger partial charge in [0.25, 0.3) is 0 Å². The van der Waals surface area contributed by atoms with E-state index in [1.807, 2.05) is 0 Å². The van der Waals surface area contributed by atoms with E-state index in [1.165, 1.54) is 44.5 Å². The molecule has 0 bridgehead atoms. The van der Waals surface area contributed by atoms with Crippen LogP contribution in [0.5, 0.6) is 0 Å². The van der Waals surface area contributed by atoms with E-state index in [0.29, 0.717) is 18.2 Å². The van der Waals surface area contributed by atoms with Gasteiger partial charge in [0.05, 0.1) is 11.6 Å². The van der Waals surface area contributed by atoms with Crippen LogP contribution in [0.25, 0.3) is 0 Å². The van der Waals surface area contributed by atoms with Crippen molar-refractivity contribution < 1.29 is 4.39 Å². The van der Waals surface area contributed by atoms with Crippen molar-refractivity contribution in [3.05, 3.63) is 35.1 Å². The lowest BCUT2D eigenvalue weighted by molar-refractivity contribution is 0.209. The summed E-state index contributed by atoms with van der Waals surface area (Å²) in [6.07, 6.45) is 3.91. The molecule has 1 fully saturated rings. The van der Waals surface area contributed by atoms with Crippen molar-refractivity contribution in [2.45, 2.75) is 38.8 Å². The van der Waals surface area contributed by atoms with Gasteiger partial charge in [-0.1, -0.05) is 6.42 Å². The maximum Gasteiger partial charge on any atom is 0.123 e. The minimum Gasteiger partial charge on any atom is -0.309 e. The molecule has 0 saturated carbocycles. The molecule has 1 aromatic carbocycles. The number of piperidine rings is 1. The molecule has 0 spiro atoms. The van der Waals surface area contributed by atoms with Crippen LogP contribution in [0.15, 0.2) is 18.2 Å². The molecule has 1 unspecified atom stereocenters. The lowest BCUT2D eigenvalue weighted by Crippen LogP contribution is -2.41. The van der Waals surface area contributed by atoms with E-state index in [4.69, 9.17) is 5.26 Å². The molecule has 1 atom stereocenters. The van der Waals surface area contributed by atoms with Crippen LogP contribution < -0.4 is 5.32 Å². The predicted molar refractivity (Wildman–Crippen MR) is 77.7 cm³/mol. The molecule has 20 heavy (non-hydrogen) atoms. The second-order valence-corrected chi connectivity index (χ2v) is 5.56. The topological polar surface area (TPSA) is 39.1 Å². The lowest BCUT2D eigenvalue weighted by Gasteiger charge is -2.29. The van der Waals surface area contributed by atoms with Crippen LogP contribution in [0.2, 0.25) is 0 Å². The molecule has 2 rings (SSSR count). The quantitative estimate of drug-likeness (QED) is 0.898. The summed E-state index contributed by atoms with van der Waals surface area (Å²) in [5.74, 6) is -0.288.